The predicted molar refractivity (Wildman–Crippen MR) is 93.7 cm³/mol. The quantitative estimate of drug-likeness (QED) is 0.839. The summed E-state index contributed by atoms with van der Waals surface area (Å²) in [4.78, 5) is 16.4. The van der Waals surface area contributed by atoms with Gasteiger partial charge in [0.1, 0.15) is 5.82 Å². The van der Waals surface area contributed by atoms with E-state index in [9.17, 15) is 9.18 Å². The van der Waals surface area contributed by atoms with Gasteiger partial charge in [0.05, 0.1) is 0 Å². The molecule has 2 N–H and O–H groups in total. The molecule has 0 unspecified atom stereocenters. The van der Waals surface area contributed by atoms with Crippen molar-refractivity contribution < 1.29 is 14.3 Å². The van der Waals surface area contributed by atoms with Gasteiger partial charge in [0, 0.05) is 38.0 Å². The summed E-state index contributed by atoms with van der Waals surface area (Å²) in [6.45, 7) is 4.36. The van der Waals surface area contributed by atoms with E-state index in [2.05, 4.69) is 17.3 Å². The largest absolute Gasteiger partial charge is 0.396 e. The third kappa shape index (κ3) is 4.92. The fourth-order valence-corrected chi connectivity index (χ4v) is 3.13. The summed E-state index contributed by atoms with van der Waals surface area (Å²) < 4.78 is 13.8. The molecule has 2 amide bonds. The molecule has 6 heteroatoms. The highest BCUT2D eigenvalue weighted by Gasteiger charge is 2.25. The zero-order valence-corrected chi connectivity index (χ0v) is 14.6. The molecule has 1 aromatic carbocycles. The van der Waals surface area contributed by atoms with Gasteiger partial charge in [-0.15, -0.1) is 0 Å². The monoisotopic (exact) mass is 337 g/mol. The van der Waals surface area contributed by atoms with Crippen LogP contribution < -0.4 is 5.32 Å². The Morgan fingerprint density at radius 1 is 1.42 bits per heavy atom. The smallest absolute Gasteiger partial charge is 0.321 e. The number of halogens is 1. The summed E-state index contributed by atoms with van der Waals surface area (Å²) in [7, 11) is 2.06. The van der Waals surface area contributed by atoms with Gasteiger partial charge in [0.15, 0.2) is 0 Å². The Bertz CT molecular complexity index is 545. The summed E-state index contributed by atoms with van der Waals surface area (Å²) in [6, 6.07) is 5.12. The molecule has 0 atom stereocenters. The van der Waals surface area contributed by atoms with Gasteiger partial charge in [-0.1, -0.05) is 13.0 Å². The number of likely N-dealkylation sites (tertiary alicyclic amines) is 1. The average molecular weight is 337 g/mol. The second-order valence-corrected chi connectivity index (χ2v) is 6.37. The van der Waals surface area contributed by atoms with Gasteiger partial charge >= 0.3 is 6.03 Å². The Kier molecular flexibility index (Phi) is 6.99. The van der Waals surface area contributed by atoms with Crippen molar-refractivity contribution in [3.8, 4) is 0 Å². The van der Waals surface area contributed by atoms with Crippen molar-refractivity contribution in [3.63, 3.8) is 0 Å². The molecule has 2 rings (SSSR count). The lowest BCUT2D eigenvalue weighted by molar-refractivity contribution is 0.134. The summed E-state index contributed by atoms with van der Waals surface area (Å²) in [5.74, 6) is -0.278. The van der Waals surface area contributed by atoms with E-state index >= 15 is 0 Å². The van der Waals surface area contributed by atoms with Crippen molar-refractivity contribution in [1.29, 1.82) is 0 Å². The molecule has 24 heavy (non-hydrogen) atoms. The lowest BCUT2D eigenvalue weighted by Gasteiger charge is -2.36. The molecule has 1 aliphatic heterocycles. The maximum atomic E-state index is 13.8. The number of aryl methyl sites for hydroxylation is 1. The van der Waals surface area contributed by atoms with Crippen LogP contribution in [0.3, 0.4) is 0 Å². The molecule has 134 valence electrons. The van der Waals surface area contributed by atoms with Crippen LogP contribution in [-0.2, 0) is 6.42 Å². The molecule has 0 radical (unpaired) electrons. The van der Waals surface area contributed by atoms with Gasteiger partial charge in [0.2, 0.25) is 0 Å². The Morgan fingerprint density at radius 3 is 2.71 bits per heavy atom. The molecule has 0 bridgehead atoms. The summed E-state index contributed by atoms with van der Waals surface area (Å²) in [5, 5.41) is 11.7. The third-order valence-electron chi connectivity index (χ3n) is 4.73. The molecule has 1 saturated heterocycles. The summed E-state index contributed by atoms with van der Waals surface area (Å²) in [5.41, 5.74) is 1.15. The Morgan fingerprint density at radius 2 is 2.12 bits per heavy atom. The van der Waals surface area contributed by atoms with Crippen molar-refractivity contribution in [1.82, 2.24) is 9.80 Å². The number of carbonyl (C=O) groups is 1. The molecule has 1 aliphatic rings. The number of nitrogens with one attached hydrogen (secondary N) is 1. The van der Waals surface area contributed by atoms with Gasteiger partial charge in [-0.05, 0) is 50.4 Å². The fourth-order valence-electron chi connectivity index (χ4n) is 3.13. The maximum Gasteiger partial charge on any atom is 0.321 e. The molecular formula is C18H28FN3O2. The van der Waals surface area contributed by atoms with Crippen molar-refractivity contribution in [2.24, 2.45) is 0 Å². The van der Waals surface area contributed by atoms with Crippen LogP contribution in [0.4, 0.5) is 14.9 Å². The second-order valence-electron chi connectivity index (χ2n) is 6.37. The number of amides is 2. The molecule has 1 heterocycles. The SMILES string of the molecule is CCc1ccc(NC(=O)N2CCC(N(C)CCCO)CC2)cc1F. The number of nitrogens with zero attached hydrogens (tertiary/aromatic N) is 2. The molecule has 0 spiro atoms. The van der Waals surface area contributed by atoms with E-state index in [1.165, 1.54) is 6.07 Å². The molecule has 1 aromatic rings. The van der Waals surface area contributed by atoms with Gasteiger partial charge in [-0.2, -0.15) is 0 Å². The van der Waals surface area contributed by atoms with Crippen LogP contribution in [0.2, 0.25) is 0 Å². The first kappa shape index (κ1) is 18.7. The first-order chi connectivity index (χ1) is 11.5. The van der Waals surface area contributed by atoms with E-state index in [1.54, 1.807) is 17.0 Å². The highest BCUT2D eigenvalue weighted by molar-refractivity contribution is 5.89. The van der Waals surface area contributed by atoms with Crippen LogP contribution in [0.1, 0.15) is 31.7 Å². The zero-order valence-electron chi connectivity index (χ0n) is 14.6. The summed E-state index contributed by atoms with van der Waals surface area (Å²) in [6.07, 6.45) is 3.24. The number of aliphatic hydroxyl groups excluding tert-OH is 1. The third-order valence-corrected chi connectivity index (χ3v) is 4.73. The lowest BCUT2D eigenvalue weighted by atomic mass is 10.0. The maximum absolute atomic E-state index is 13.8. The van der Waals surface area contributed by atoms with E-state index in [0.717, 1.165) is 25.8 Å². The van der Waals surface area contributed by atoms with Crippen LogP contribution in [0.15, 0.2) is 18.2 Å². The number of aliphatic hydroxyl groups is 1. The van der Waals surface area contributed by atoms with Crippen LogP contribution in [0.5, 0.6) is 0 Å². The number of benzene rings is 1. The standard InChI is InChI=1S/C18H28FN3O2/c1-3-14-5-6-15(13-17(14)19)20-18(24)22-10-7-16(8-11-22)21(2)9-4-12-23/h5-6,13,16,23H,3-4,7-12H2,1-2H3,(H,20,24). The van der Waals surface area contributed by atoms with Crippen molar-refractivity contribution >= 4 is 11.7 Å². The number of piperidine rings is 1. The second kappa shape index (κ2) is 8.99. The molecule has 1 fully saturated rings. The van der Waals surface area contributed by atoms with Crippen molar-refractivity contribution in [2.75, 3.05) is 38.6 Å². The van der Waals surface area contributed by atoms with Crippen LogP contribution in [-0.4, -0.2) is 60.3 Å². The van der Waals surface area contributed by atoms with Crippen molar-refractivity contribution in [2.45, 2.75) is 38.6 Å². The van der Waals surface area contributed by atoms with Crippen LogP contribution >= 0.6 is 0 Å². The van der Waals surface area contributed by atoms with E-state index in [-0.39, 0.29) is 18.5 Å². The topological polar surface area (TPSA) is 55.8 Å². The van der Waals surface area contributed by atoms with Crippen molar-refractivity contribution in [3.05, 3.63) is 29.6 Å². The Balaban J connectivity index is 1.83. The van der Waals surface area contributed by atoms with E-state index in [1.807, 2.05) is 6.92 Å². The number of rotatable bonds is 6. The summed E-state index contributed by atoms with van der Waals surface area (Å²) >= 11 is 0. The van der Waals surface area contributed by atoms with Gasteiger partial charge in [0.25, 0.3) is 0 Å². The van der Waals surface area contributed by atoms with Crippen LogP contribution in [0, 0.1) is 5.82 Å². The van der Waals surface area contributed by atoms with Crippen LogP contribution in [0.25, 0.3) is 0 Å². The minimum absolute atomic E-state index is 0.171. The Labute approximate surface area is 143 Å². The fraction of sp³-hybridized carbons (Fsp3) is 0.611. The van der Waals surface area contributed by atoms with E-state index in [4.69, 9.17) is 5.11 Å². The average Bonchev–Trinajstić information content (AvgIpc) is 2.60. The van der Waals surface area contributed by atoms with Gasteiger partial charge < -0.3 is 20.2 Å². The van der Waals surface area contributed by atoms with Gasteiger partial charge in [-0.3, -0.25) is 0 Å². The molecule has 5 nitrogen and oxygen atoms in total. The number of hydrogen-bond donors (Lipinski definition) is 2. The Hall–Kier alpha value is -1.66. The minimum atomic E-state index is -0.278. The molecular weight excluding hydrogens is 309 g/mol. The minimum Gasteiger partial charge on any atom is -0.396 e. The molecule has 0 aliphatic carbocycles. The predicted octanol–water partition coefficient (Wildman–Crippen LogP) is 2.70. The van der Waals surface area contributed by atoms with Gasteiger partial charge in [-0.25, -0.2) is 9.18 Å². The number of hydrogen-bond acceptors (Lipinski definition) is 3. The number of anilines is 1. The highest BCUT2D eigenvalue weighted by Crippen LogP contribution is 2.19. The first-order valence-corrected chi connectivity index (χ1v) is 8.70. The van der Waals surface area contributed by atoms with E-state index < -0.39 is 0 Å². The number of carbonyl (C=O) groups excluding carboxylic acids is 1. The first-order valence-electron chi connectivity index (χ1n) is 8.70. The lowest BCUT2D eigenvalue weighted by Crippen LogP contribution is -2.47. The highest BCUT2D eigenvalue weighted by atomic mass is 19.1. The normalized spacial score (nSPS) is 15.8. The molecule has 0 saturated carbocycles. The van der Waals surface area contributed by atoms with E-state index in [0.29, 0.717) is 36.8 Å². The zero-order chi connectivity index (χ0) is 17.5. The number of urea groups is 1. The molecule has 0 aromatic heterocycles.